The van der Waals surface area contributed by atoms with Crippen molar-refractivity contribution in [2.45, 2.75) is 6.42 Å². The minimum absolute atomic E-state index is 0.226. The third kappa shape index (κ3) is 2.71. The average molecular weight is 320 g/mol. The second kappa shape index (κ2) is 6.11. The van der Waals surface area contributed by atoms with Gasteiger partial charge in [0.1, 0.15) is 11.5 Å². The molecular formula is C17H16N6O. The Morgan fingerprint density at radius 1 is 1.12 bits per heavy atom. The first-order chi connectivity index (χ1) is 11.8. The quantitative estimate of drug-likeness (QED) is 0.770. The van der Waals surface area contributed by atoms with Crippen LogP contribution in [0.2, 0.25) is 0 Å². The lowest BCUT2D eigenvalue weighted by molar-refractivity contribution is 0.102. The number of pyridine rings is 2. The van der Waals surface area contributed by atoms with Gasteiger partial charge < -0.3 is 10.2 Å². The molecule has 7 heteroatoms. The summed E-state index contributed by atoms with van der Waals surface area (Å²) in [5.41, 5.74) is 2.49. The van der Waals surface area contributed by atoms with Gasteiger partial charge >= 0.3 is 0 Å². The average Bonchev–Trinajstić information content (AvgIpc) is 3.03. The molecular weight excluding hydrogens is 304 g/mol. The molecule has 0 aromatic carbocycles. The summed E-state index contributed by atoms with van der Waals surface area (Å²) in [6.45, 7) is 2.06. The van der Waals surface area contributed by atoms with E-state index in [0.717, 1.165) is 24.6 Å². The lowest BCUT2D eigenvalue weighted by Crippen LogP contribution is -2.37. The maximum atomic E-state index is 12.4. The molecule has 0 unspecified atom stereocenters. The van der Waals surface area contributed by atoms with E-state index in [1.165, 1.54) is 6.42 Å². The van der Waals surface area contributed by atoms with Crippen molar-refractivity contribution in [3.63, 3.8) is 0 Å². The van der Waals surface area contributed by atoms with Crippen molar-refractivity contribution in [2.75, 3.05) is 23.3 Å². The Balaban J connectivity index is 1.51. The van der Waals surface area contributed by atoms with E-state index < -0.39 is 0 Å². The Morgan fingerprint density at radius 3 is 2.71 bits per heavy atom. The minimum atomic E-state index is -0.226. The molecule has 3 aromatic rings. The molecule has 1 aliphatic rings. The van der Waals surface area contributed by atoms with Crippen molar-refractivity contribution in [2.24, 2.45) is 0 Å². The first-order valence-electron chi connectivity index (χ1n) is 7.78. The molecule has 1 saturated heterocycles. The minimum Gasteiger partial charge on any atom is -0.356 e. The molecule has 4 heterocycles. The molecule has 4 rings (SSSR count). The summed E-state index contributed by atoms with van der Waals surface area (Å²) < 4.78 is 0. The topological polar surface area (TPSA) is 86.8 Å². The predicted molar refractivity (Wildman–Crippen MR) is 90.8 cm³/mol. The van der Waals surface area contributed by atoms with Gasteiger partial charge in [0.15, 0.2) is 0 Å². The van der Waals surface area contributed by atoms with Gasteiger partial charge in [-0.2, -0.15) is 5.10 Å². The van der Waals surface area contributed by atoms with E-state index in [1.807, 2.05) is 24.3 Å². The number of aromatic nitrogens is 4. The van der Waals surface area contributed by atoms with Crippen LogP contribution in [0.15, 0.2) is 48.9 Å². The number of hydrogen-bond donors (Lipinski definition) is 2. The van der Waals surface area contributed by atoms with E-state index in [1.54, 1.807) is 24.7 Å². The van der Waals surface area contributed by atoms with Crippen LogP contribution in [0.1, 0.15) is 16.8 Å². The largest absolute Gasteiger partial charge is 0.356 e. The van der Waals surface area contributed by atoms with Gasteiger partial charge in [-0.15, -0.1) is 0 Å². The second-order valence-electron chi connectivity index (χ2n) is 5.57. The van der Waals surface area contributed by atoms with E-state index in [0.29, 0.717) is 16.9 Å². The highest BCUT2D eigenvalue weighted by Gasteiger charge is 2.17. The van der Waals surface area contributed by atoms with Gasteiger partial charge in [0.2, 0.25) is 0 Å². The zero-order chi connectivity index (χ0) is 16.4. The molecule has 3 aromatic heterocycles. The molecule has 0 saturated carbocycles. The zero-order valence-electron chi connectivity index (χ0n) is 12.9. The second-order valence-corrected chi connectivity index (χ2v) is 5.57. The summed E-state index contributed by atoms with van der Waals surface area (Å²) in [5, 5.41) is 9.72. The van der Waals surface area contributed by atoms with Crippen molar-refractivity contribution in [1.29, 1.82) is 0 Å². The number of carbonyl (C=O) groups excluding carboxylic acids is 1. The van der Waals surface area contributed by atoms with Gasteiger partial charge in [0.05, 0.1) is 23.1 Å². The summed E-state index contributed by atoms with van der Waals surface area (Å²) in [4.78, 5) is 23.2. The summed E-state index contributed by atoms with van der Waals surface area (Å²) in [6, 6.07) is 9.24. The summed E-state index contributed by atoms with van der Waals surface area (Å²) in [6.07, 6.45) is 6.06. The van der Waals surface area contributed by atoms with Crippen LogP contribution in [-0.2, 0) is 0 Å². The monoisotopic (exact) mass is 320 g/mol. The van der Waals surface area contributed by atoms with Crippen LogP contribution in [0, 0.1) is 0 Å². The fourth-order valence-corrected chi connectivity index (χ4v) is 2.53. The van der Waals surface area contributed by atoms with Crippen molar-refractivity contribution in [3.8, 4) is 11.4 Å². The van der Waals surface area contributed by atoms with Crippen LogP contribution < -0.4 is 10.2 Å². The standard InChI is InChI=1S/C17H16N6O/c24-17(12-5-6-15(19-10-12)23-8-3-9-23)21-14-11-20-22-16(14)13-4-1-2-7-18-13/h1-2,4-7,10-11H,3,8-9H2,(H,20,22)(H,21,24). The normalized spacial score (nSPS) is 13.4. The number of anilines is 2. The van der Waals surface area contributed by atoms with E-state index in [-0.39, 0.29) is 5.91 Å². The molecule has 0 bridgehead atoms. The van der Waals surface area contributed by atoms with Crippen LogP contribution in [-0.4, -0.2) is 39.2 Å². The number of hydrogen-bond acceptors (Lipinski definition) is 5. The molecule has 120 valence electrons. The number of aromatic amines is 1. The molecule has 7 nitrogen and oxygen atoms in total. The molecule has 24 heavy (non-hydrogen) atoms. The van der Waals surface area contributed by atoms with Crippen LogP contribution in [0.25, 0.3) is 11.4 Å². The maximum absolute atomic E-state index is 12.4. The Bertz CT molecular complexity index is 839. The number of carbonyl (C=O) groups is 1. The number of H-pyrrole nitrogens is 1. The van der Waals surface area contributed by atoms with Crippen molar-refractivity contribution in [1.82, 2.24) is 20.2 Å². The summed E-state index contributed by atoms with van der Waals surface area (Å²) in [7, 11) is 0. The van der Waals surface area contributed by atoms with E-state index >= 15 is 0 Å². The van der Waals surface area contributed by atoms with Crippen LogP contribution in [0.4, 0.5) is 11.5 Å². The van der Waals surface area contributed by atoms with Gasteiger partial charge in [-0.05, 0) is 30.7 Å². The summed E-state index contributed by atoms with van der Waals surface area (Å²) >= 11 is 0. The van der Waals surface area contributed by atoms with Gasteiger partial charge in [-0.3, -0.25) is 14.9 Å². The smallest absolute Gasteiger partial charge is 0.257 e. The molecule has 0 radical (unpaired) electrons. The summed E-state index contributed by atoms with van der Waals surface area (Å²) in [5.74, 6) is 0.687. The van der Waals surface area contributed by atoms with E-state index in [4.69, 9.17) is 0 Å². The van der Waals surface area contributed by atoms with E-state index in [2.05, 4.69) is 30.4 Å². The molecule has 2 N–H and O–H groups in total. The molecule has 0 atom stereocenters. The van der Waals surface area contributed by atoms with Crippen molar-refractivity contribution >= 4 is 17.4 Å². The fourth-order valence-electron chi connectivity index (χ4n) is 2.53. The lowest BCUT2D eigenvalue weighted by atomic mass is 10.2. The number of nitrogens with zero attached hydrogens (tertiary/aromatic N) is 4. The van der Waals surface area contributed by atoms with Crippen LogP contribution in [0.5, 0.6) is 0 Å². The predicted octanol–water partition coefficient (Wildman–Crippen LogP) is 2.33. The van der Waals surface area contributed by atoms with Crippen molar-refractivity contribution in [3.05, 3.63) is 54.5 Å². The highest BCUT2D eigenvalue weighted by atomic mass is 16.1. The van der Waals surface area contributed by atoms with Crippen LogP contribution in [0.3, 0.4) is 0 Å². The molecule has 1 aliphatic heterocycles. The first-order valence-corrected chi connectivity index (χ1v) is 7.78. The van der Waals surface area contributed by atoms with Gasteiger partial charge in [-0.25, -0.2) is 4.98 Å². The highest BCUT2D eigenvalue weighted by Crippen LogP contribution is 2.24. The molecule has 0 aliphatic carbocycles. The van der Waals surface area contributed by atoms with Crippen molar-refractivity contribution < 1.29 is 4.79 Å². The fraction of sp³-hybridized carbons (Fsp3) is 0.176. The molecule has 0 spiro atoms. The number of amides is 1. The Morgan fingerprint density at radius 2 is 2.04 bits per heavy atom. The highest BCUT2D eigenvalue weighted by molar-refractivity contribution is 6.05. The van der Waals surface area contributed by atoms with Gasteiger partial charge in [-0.1, -0.05) is 6.07 Å². The molecule has 1 amide bonds. The third-order valence-corrected chi connectivity index (χ3v) is 4.00. The van der Waals surface area contributed by atoms with Gasteiger partial charge in [0, 0.05) is 25.5 Å². The maximum Gasteiger partial charge on any atom is 0.257 e. The van der Waals surface area contributed by atoms with E-state index in [9.17, 15) is 4.79 Å². The zero-order valence-corrected chi connectivity index (χ0v) is 12.9. The lowest BCUT2D eigenvalue weighted by Gasteiger charge is -2.31. The Kier molecular flexibility index (Phi) is 3.66. The first kappa shape index (κ1) is 14.4. The van der Waals surface area contributed by atoms with Crippen LogP contribution >= 0.6 is 0 Å². The SMILES string of the molecule is O=C(Nc1cn[nH]c1-c1ccccn1)c1ccc(N2CCC2)nc1. The Hall–Kier alpha value is -3.22. The number of nitrogens with one attached hydrogen (secondary N) is 2. The number of rotatable bonds is 4. The molecule has 1 fully saturated rings. The Labute approximate surface area is 138 Å². The van der Waals surface area contributed by atoms with Gasteiger partial charge in [0.25, 0.3) is 5.91 Å². The third-order valence-electron chi connectivity index (χ3n) is 4.00.